The number of ether oxygens (including phenoxy) is 11. The van der Waals surface area contributed by atoms with Crippen LogP contribution < -0.4 is 165 Å². The number of hydrogen-bond acceptors (Lipinski definition) is 37. The second-order valence-electron chi connectivity index (χ2n) is 16.5. The van der Waals surface area contributed by atoms with Crippen molar-refractivity contribution in [1.29, 1.82) is 0 Å². The molecule has 5 fully saturated rings. The van der Waals surface area contributed by atoms with Gasteiger partial charge in [0.15, 0.2) is 37.2 Å². The van der Waals surface area contributed by atoms with Gasteiger partial charge in [0, 0.05) is 20.1 Å². The molecule has 0 aromatic carbocycles. The van der Waals surface area contributed by atoms with Gasteiger partial charge in [0.25, 0.3) is 6.47 Å². The summed E-state index contributed by atoms with van der Waals surface area (Å²) in [5.74, 6) is -1.66. The predicted octanol–water partition coefficient (Wildman–Crippen LogP) is -25.3. The maximum atomic E-state index is 11.5. The number of carboxylic acids is 1. The smallest absolute Gasteiger partial charge is 0.726 e. The van der Waals surface area contributed by atoms with Crippen LogP contribution >= 0.6 is 0 Å². The van der Waals surface area contributed by atoms with Gasteiger partial charge in [-0.3, -0.25) is 33.6 Å². The number of carbonyl (C=O) groups is 2. The maximum absolute atomic E-state index is 11.5. The quantitative estimate of drug-likeness (QED) is 0.0268. The average molecular weight is 1410 g/mol. The molecule has 42 nitrogen and oxygen atoms in total. The summed E-state index contributed by atoms with van der Waals surface area (Å²) in [6.07, 6.45) is -25.1. The van der Waals surface area contributed by atoms with Crippen LogP contribution in [0.15, 0.2) is 0 Å². The molecule has 0 spiro atoms. The average Bonchev–Trinajstić information content (AvgIpc) is 3.28. The zero-order chi connectivity index (χ0) is 63.8. The van der Waals surface area contributed by atoms with Crippen molar-refractivity contribution in [3.05, 3.63) is 27.2 Å². The van der Waals surface area contributed by atoms with Crippen LogP contribution in [0.4, 0.5) is 0 Å². The van der Waals surface area contributed by atoms with Crippen LogP contribution in [0.25, 0.3) is 0 Å². The number of hydrogen-bond donors (Lipinski definition) is 13. The number of nitrogens with two attached hydrogens (primary N) is 3. The molecule has 5 heterocycles. The van der Waals surface area contributed by atoms with E-state index in [-0.39, 0.29) is 160 Å². The molecule has 0 aromatic rings. The summed E-state index contributed by atoms with van der Waals surface area (Å²) in [6.45, 7) is 14.3. The van der Waals surface area contributed by atoms with E-state index in [1.54, 1.807) is 13.8 Å². The first-order chi connectivity index (χ1) is 36.4. The predicted molar refractivity (Wildman–Crippen MR) is 244 cm³/mol. The Morgan fingerprint density at radius 2 is 0.930 bits per heavy atom. The third-order valence-corrected chi connectivity index (χ3v) is 11.1. The zero-order valence-electron chi connectivity index (χ0n) is 46.7. The van der Waals surface area contributed by atoms with Gasteiger partial charge in [0.05, 0.1) is 42.6 Å². The number of methoxy groups -OCH3 is 2. The maximum Gasteiger partial charge on any atom is 1.00 e. The number of aliphatic hydroxyl groups excluding tert-OH is 5. The first-order valence-electron chi connectivity index (χ1n) is 21.5. The SMILES string of the molecule is O=S(=O)([O-])O.O=S(=O)([O-])O.O=S(=O)([O-])O.O=S(=O)([O-])O.[CH2-]C1O[C@H](O[C@@H]2C(OC=O)O[C@@H](O[C@@H]3C([CH2-])O[C@H](OC)C(N)[C@H]3O)C(OS(=O)(=O)[O-])[C@H]2O)C(N)[CH-][C@@H]1OC.[CH2-][C@@H]1O[C@H](O[C@H]2[C@H](O)C(C)[C@H](C)O[C@H]2C(=O)O)C(N)[C@@H](O)[C@@H]1O.[Na+].[Na+].[Na+].[Na+].[Na+]. The molecule has 5 aliphatic rings. The third-order valence-electron chi connectivity index (χ3n) is 10.7. The molecule has 0 saturated carbocycles. The van der Waals surface area contributed by atoms with Gasteiger partial charge >= 0.3 is 154 Å². The van der Waals surface area contributed by atoms with Crippen LogP contribution in [-0.2, 0) is 118 Å². The van der Waals surface area contributed by atoms with Gasteiger partial charge in [-0.05, 0) is 19.1 Å². The van der Waals surface area contributed by atoms with Gasteiger partial charge in [0.1, 0.15) is 24.6 Å². The number of carboxylic acid groups (broad SMARTS) is 1. The van der Waals surface area contributed by atoms with Crippen LogP contribution in [-0.4, -0.2) is 281 Å². The molecular formula is C34H60N3Na5O39S5-4. The van der Waals surface area contributed by atoms with Crippen LogP contribution in [0.5, 0.6) is 0 Å². The summed E-state index contributed by atoms with van der Waals surface area (Å²) in [5, 5.41) is 60.8. The first kappa shape index (κ1) is 99.6. The van der Waals surface area contributed by atoms with Crippen molar-refractivity contribution in [2.45, 2.75) is 155 Å². The van der Waals surface area contributed by atoms with Gasteiger partial charge in [-0.2, -0.15) is 0 Å². The Morgan fingerprint density at radius 1 is 0.523 bits per heavy atom. The molecule has 5 saturated heterocycles. The second-order valence-corrected chi connectivity index (χ2v) is 20.9. The molecule has 5 rings (SSSR count). The molecule has 484 valence electrons. The van der Waals surface area contributed by atoms with E-state index in [2.05, 4.69) is 25.0 Å². The summed E-state index contributed by atoms with van der Waals surface area (Å²) in [5.41, 5.74) is 17.7. The van der Waals surface area contributed by atoms with E-state index >= 15 is 0 Å². The molecule has 52 heteroatoms. The minimum Gasteiger partial charge on any atom is -0.726 e. The van der Waals surface area contributed by atoms with Crippen LogP contribution in [0.2, 0.25) is 0 Å². The molecule has 24 atom stereocenters. The Balaban J connectivity index is -0.000000282. The molecule has 0 aromatic heterocycles. The zero-order valence-corrected chi connectivity index (χ0v) is 60.8. The molecule has 0 aliphatic carbocycles. The fraction of sp³-hybridized carbons (Fsp3) is 0.824. The van der Waals surface area contributed by atoms with Crippen molar-refractivity contribution >= 4 is 64.4 Å². The van der Waals surface area contributed by atoms with E-state index in [0.717, 1.165) is 0 Å². The van der Waals surface area contributed by atoms with E-state index in [1.165, 1.54) is 20.6 Å². The molecule has 5 aliphatic heterocycles. The Labute approximate surface area is 604 Å². The summed E-state index contributed by atoms with van der Waals surface area (Å²) in [4.78, 5) is 22.6. The van der Waals surface area contributed by atoms with Crippen LogP contribution in [0.1, 0.15) is 13.8 Å². The normalized spacial score (nSPS) is 37.0. The van der Waals surface area contributed by atoms with Crippen molar-refractivity contribution in [2.75, 3.05) is 14.2 Å². The van der Waals surface area contributed by atoms with E-state index in [1.807, 2.05) is 0 Å². The fourth-order valence-electron chi connectivity index (χ4n) is 6.98. The van der Waals surface area contributed by atoms with E-state index in [0.29, 0.717) is 0 Å². The molecule has 0 radical (unpaired) electrons. The minimum absolute atomic E-state index is 0. The van der Waals surface area contributed by atoms with E-state index in [4.69, 9.17) is 139 Å². The largest absolute Gasteiger partial charge is 1.00 e. The Kier molecular flexibility index (Phi) is 51.4. The molecule has 0 bridgehead atoms. The number of aliphatic hydroxyl groups is 5. The van der Waals surface area contributed by atoms with Crippen molar-refractivity contribution in [2.24, 2.45) is 23.1 Å². The monoisotopic (exact) mass is 1410 g/mol. The summed E-state index contributed by atoms with van der Waals surface area (Å²) in [7, 11) is -22.5. The third kappa shape index (κ3) is 39.6. The van der Waals surface area contributed by atoms with Gasteiger partial charge < -0.3 is 143 Å². The second kappa shape index (κ2) is 44.4. The molecule has 16 N–H and O–H groups in total. The molecule has 8 unspecified atom stereocenters. The number of carbonyl (C=O) groups excluding carboxylic acids is 1. The minimum atomic E-state index is -5.48. The van der Waals surface area contributed by atoms with Crippen molar-refractivity contribution < 1.29 is 327 Å². The van der Waals surface area contributed by atoms with Gasteiger partial charge in [-0.1, -0.05) is 25.2 Å². The van der Waals surface area contributed by atoms with Gasteiger partial charge in [-0.15, -0.1) is 0 Å². The van der Waals surface area contributed by atoms with Crippen LogP contribution in [0.3, 0.4) is 0 Å². The fourth-order valence-corrected chi connectivity index (χ4v) is 7.46. The first-order valence-corrected chi connectivity index (χ1v) is 28.2. The Morgan fingerprint density at radius 3 is 1.34 bits per heavy atom. The van der Waals surface area contributed by atoms with E-state index in [9.17, 15) is 53.2 Å². The Hall–Kier alpha value is 2.57. The van der Waals surface area contributed by atoms with Gasteiger partial charge in [-0.25, -0.2) is 46.9 Å². The summed E-state index contributed by atoms with van der Waals surface area (Å²) >= 11 is 0. The van der Waals surface area contributed by atoms with Crippen molar-refractivity contribution in [1.82, 2.24) is 0 Å². The Bertz CT molecular complexity index is 2360. The van der Waals surface area contributed by atoms with Crippen molar-refractivity contribution in [3.63, 3.8) is 0 Å². The molecular weight excluding hydrogens is 1350 g/mol. The molecule has 0 amide bonds. The topological polar surface area (TPSA) is 711 Å². The van der Waals surface area contributed by atoms with E-state index < -0.39 is 199 Å². The molecule has 86 heavy (non-hydrogen) atoms. The van der Waals surface area contributed by atoms with Gasteiger partial charge in [0.2, 0.25) is 58.3 Å². The number of aliphatic carboxylic acids is 1. The summed E-state index contributed by atoms with van der Waals surface area (Å²) < 4.78 is 229. The van der Waals surface area contributed by atoms with Crippen molar-refractivity contribution in [3.8, 4) is 0 Å². The van der Waals surface area contributed by atoms with Crippen LogP contribution in [0, 0.1) is 33.1 Å². The standard InChI is InChI=1S/C20H33N2O15S.C14H24NO8.5Na.4H2O4S/c1-7-10(29-3)5-9(21)17(32-7)35-15-13(25)16(37-38(26,27)28)20(36-19(15)31-6-23)34-14-8(2)33-18(30-4)11(22)12(14)24;1-4-5(2)21-12(13(19)20)11(8(4)16)23-14-7(15)10(18)9(17)6(3)22-14;;;;;;4*1-5(2,3)4/h5-20,24-25H,1-2,21-22H2,3-4H3,(H,26,27,28);4-12,14,16-18H,3,15H2,1-2H3,(H,19,20);;;;;;4*(H2,1,2,3,4)/q-3;-1;5*+1;;;;/p-5/t7?,8?,9?,10-,11?,12+,13-,14+,15-,16?,17+,18-,19?,20+;4?,5-,6-,7?,8+,9+,10+,11-,12+,14+;;;;;;;;;/m00........./s1. The summed E-state index contributed by atoms with van der Waals surface area (Å²) in [6, 6.07) is -3.22. The number of rotatable bonds is 13.